The first-order valence-electron chi connectivity index (χ1n) is 8.43. The van der Waals surface area contributed by atoms with Crippen molar-refractivity contribution in [2.45, 2.75) is 13.2 Å². The third-order valence-electron chi connectivity index (χ3n) is 4.56. The number of anilines is 1. The van der Waals surface area contributed by atoms with Gasteiger partial charge in [0.05, 0.1) is 16.8 Å². The van der Waals surface area contributed by atoms with Gasteiger partial charge in [0.1, 0.15) is 0 Å². The monoisotopic (exact) mass is 373 g/mol. The summed E-state index contributed by atoms with van der Waals surface area (Å²) in [5, 5.41) is 11.1. The highest BCUT2D eigenvalue weighted by Crippen LogP contribution is 2.31. The molecule has 1 N–H and O–H groups in total. The second-order valence-electron chi connectivity index (χ2n) is 6.35. The lowest BCUT2D eigenvalue weighted by molar-refractivity contribution is 0.249. The molecule has 1 saturated heterocycles. The van der Waals surface area contributed by atoms with Gasteiger partial charge in [0.25, 0.3) is 0 Å². The number of aromatic nitrogens is 1. The molecule has 2 aromatic carbocycles. The molecule has 4 rings (SSSR count). The van der Waals surface area contributed by atoms with Crippen molar-refractivity contribution in [2.75, 3.05) is 31.1 Å². The normalized spacial score (nSPS) is 15.8. The highest BCUT2D eigenvalue weighted by Gasteiger charge is 2.20. The molecular weight excluding hydrogens is 354 g/mol. The number of benzene rings is 2. The summed E-state index contributed by atoms with van der Waals surface area (Å²) in [6, 6.07) is 14.1. The summed E-state index contributed by atoms with van der Waals surface area (Å²) in [6.07, 6.45) is 0. The van der Waals surface area contributed by atoms with Gasteiger partial charge in [-0.1, -0.05) is 47.2 Å². The van der Waals surface area contributed by atoms with E-state index in [0.29, 0.717) is 0 Å². The topological polar surface area (TPSA) is 39.6 Å². The van der Waals surface area contributed by atoms with Gasteiger partial charge in [-0.25, -0.2) is 4.98 Å². The second kappa shape index (κ2) is 7.30. The molecular formula is C19H20ClN3OS. The van der Waals surface area contributed by atoms with Crippen LogP contribution in [0.2, 0.25) is 5.02 Å². The van der Waals surface area contributed by atoms with Crippen molar-refractivity contribution in [3.05, 3.63) is 58.6 Å². The third-order valence-corrected chi connectivity index (χ3v) is 5.88. The first-order valence-corrected chi connectivity index (χ1v) is 9.63. The smallest absolute Gasteiger partial charge is 0.186 e. The number of aliphatic hydroxyl groups is 1. The molecule has 0 unspecified atom stereocenters. The summed E-state index contributed by atoms with van der Waals surface area (Å²) in [5.74, 6) is 0. The Morgan fingerprint density at radius 1 is 1.04 bits per heavy atom. The lowest BCUT2D eigenvalue weighted by atomic mass is 10.1. The predicted molar refractivity (Wildman–Crippen MR) is 104 cm³/mol. The van der Waals surface area contributed by atoms with Gasteiger partial charge in [0.15, 0.2) is 5.13 Å². The Balaban J connectivity index is 1.40. The molecule has 6 heteroatoms. The van der Waals surface area contributed by atoms with E-state index in [-0.39, 0.29) is 6.61 Å². The molecule has 0 bridgehead atoms. The van der Waals surface area contributed by atoms with E-state index in [9.17, 15) is 5.11 Å². The highest BCUT2D eigenvalue weighted by molar-refractivity contribution is 7.22. The molecule has 0 spiro atoms. The van der Waals surface area contributed by atoms with Crippen molar-refractivity contribution in [3.63, 3.8) is 0 Å². The Bertz CT molecular complexity index is 874. The van der Waals surface area contributed by atoms with Crippen LogP contribution in [-0.2, 0) is 13.2 Å². The Hall–Kier alpha value is -1.66. The highest BCUT2D eigenvalue weighted by atomic mass is 35.5. The van der Waals surface area contributed by atoms with Crippen LogP contribution in [0.25, 0.3) is 10.2 Å². The Morgan fingerprint density at radius 2 is 1.84 bits per heavy atom. The molecule has 0 atom stereocenters. The molecule has 4 nitrogen and oxygen atoms in total. The number of piperazine rings is 1. The number of halogens is 1. The lowest BCUT2D eigenvalue weighted by Gasteiger charge is -2.34. The minimum atomic E-state index is 0.100. The number of thiazole rings is 1. The summed E-state index contributed by atoms with van der Waals surface area (Å²) < 4.78 is 1.14. The van der Waals surface area contributed by atoms with Crippen LogP contribution in [0.15, 0.2) is 42.5 Å². The van der Waals surface area contributed by atoms with E-state index in [2.05, 4.69) is 21.9 Å². The summed E-state index contributed by atoms with van der Waals surface area (Å²) >= 11 is 7.79. The zero-order chi connectivity index (χ0) is 17.2. The fraction of sp³-hybridized carbons (Fsp3) is 0.316. The van der Waals surface area contributed by atoms with Crippen LogP contribution in [0.1, 0.15) is 11.1 Å². The largest absolute Gasteiger partial charge is 0.392 e. The van der Waals surface area contributed by atoms with Gasteiger partial charge in [0.2, 0.25) is 0 Å². The molecule has 1 aromatic heterocycles. The van der Waals surface area contributed by atoms with Crippen molar-refractivity contribution < 1.29 is 5.11 Å². The van der Waals surface area contributed by atoms with Gasteiger partial charge in [0, 0.05) is 37.7 Å². The molecule has 0 radical (unpaired) electrons. The van der Waals surface area contributed by atoms with Gasteiger partial charge in [-0.15, -0.1) is 0 Å². The summed E-state index contributed by atoms with van der Waals surface area (Å²) in [5.41, 5.74) is 3.26. The van der Waals surface area contributed by atoms with E-state index in [1.54, 1.807) is 11.3 Å². The number of rotatable bonds is 4. The zero-order valence-electron chi connectivity index (χ0n) is 13.9. The van der Waals surface area contributed by atoms with E-state index in [1.165, 1.54) is 5.56 Å². The van der Waals surface area contributed by atoms with Crippen LogP contribution >= 0.6 is 22.9 Å². The van der Waals surface area contributed by atoms with E-state index in [4.69, 9.17) is 16.6 Å². The van der Waals surface area contributed by atoms with Crippen LogP contribution < -0.4 is 4.90 Å². The van der Waals surface area contributed by atoms with E-state index in [0.717, 1.165) is 58.7 Å². The van der Waals surface area contributed by atoms with Gasteiger partial charge in [-0.3, -0.25) is 4.90 Å². The maximum atomic E-state index is 9.27. The number of hydrogen-bond acceptors (Lipinski definition) is 5. The van der Waals surface area contributed by atoms with Crippen molar-refractivity contribution in [2.24, 2.45) is 0 Å². The minimum absolute atomic E-state index is 0.100. The SMILES string of the molecule is OCc1cccc(CN2CCN(c3nc4ccc(Cl)cc4s3)CC2)c1. The fourth-order valence-electron chi connectivity index (χ4n) is 3.20. The molecule has 25 heavy (non-hydrogen) atoms. The average molecular weight is 374 g/mol. The van der Waals surface area contributed by atoms with Gasteiger partial charge >= 0.3 is 0 Å². The lowest BCUT2D eigenvalue weighted by Crippen LogP contribution is -2.45. The van der Waals surface area contributed by atoms with Crippen LogP contribution in [0.5, 0.6) is 0 Å². The van der Waals surface area contributed by atoms with Crippen LogP contribution in [0.3, 0.4) is 0 Å². The second-order valence-corrected chi connectivity index (χ2v) is 7.80. The minimum Gasteiger partial charge on any atom is -0.392 e. The summed E-state index contributed by atoms with van der Waals surface area (Å²) in [4.78, 5) is 9.56. The summed E-state index contributed by atoms with van der Waals surface area (Å²) in [6.45, 7) is 5.01. The number of aliphatic hydroxyl groups excluding tert-OH is 1. The Labute approximate surface area is 156 Å². The Kier molecular flexibility index (Phi) is 4.90. The fourth-order valence-corrected chi connectivity index (χ4v) is 4.50. The van der Waals surface area contributed by atoms with Gasteiger partial charge < -0.3 is 10.0 Å². The third kappa shape index (κ3) is 3.80. The molecule has 0 amide bonds. The zero-order valence-corrected chi connectivity index (χ0v) is 15.4. The molecule has 2 heterocycles. The van der Waals surface area contributed by atoms with Crippen molar-refractivity contribution >= 4 is 38.3 Å². The van der Waals surface area contributed by atoms with E-state index < -0.39 is 0 Å². The molecule has 1 aliphatic heterocycles. The quantitative estimate of drug-likeness (QED) is 0.755. The van der Waals surface area contributed by atoms with E-state index >= 15 is 0 Å². The molecule has 130 valence electrons. The van der Waals surface area contributed by atoms with Gasteiger partial charge in [-0.2, -0.15) is 0 Å². The molecule has 0 aliphatic carbocycles. The van der Waals surface area contributed by atoms with E-state index in [1.807, 2.05) is 30.3 Å². The predicted octanol–water partition coefficient (Wildman–Crippen LogP) is 3.76. The van der Waals surface area contributed by atoms with Crippen LogP contribution in [0.4, 0.5) is 5.13 Å². The molecule has 0 saturated carbocycles. The summed E-state index contributed by atoms with van der Waals surface area (Å²) in [7, 11) is 0. The first-order chi connectivity index (χ1) is 12.2. The first kappa shape index (κ1) is 16.8. The van der Waals surface area contributed by atoms with Crippen molar-refractivity contribution in [1.29, 1.82) is 0 Å². The number of hydrogen-bond donors (Lipinski definition) is 1. The maximum Gasteiger partial charge on any atom is 0.186 e. The van der Waals surface area contributed by atoms with Crippen molar-refractivity contribution in [1.82, 2.24) is 9.88 Å². The number of fused-ring (bicyclic) bond motifs is 1. The standard InChI is InChI=1S/C19H20ClN3OS/c20-16-4-5-17-18(11-16)25-19(21-17)23-8-6-22(7-9-23)12-14-2-1-3-15(10-14)13-24/h1-5,10-11,24H,6-9,12-13H2. The van der Waals surface area contributed by atoms with Crippen LogP contribution in [-0.4, -0.2) is 41.2 Å². The number of nitrogens with zero attached hydrogens (tertiary/aromatic N) is 3. The molecule has 3 aromatic rings. The Morgan fingerprint density at radius 3 is 2.64 bits per heavy atom. The molecule has 1 fully saturated rings. The van der Waals surface area contributed by atoms with Gasteiger partial charge in [-0.05, 0) is 29.3 Å². The van der Waals surface area contributed by atoms with Crippen LogP contribution in [0, 0.1) is 0 Å². The average Bonchev–Trinajstić information content (AvgIpc) is 3.05. The van der Waals surface area contributed by atoms with Crippen molar-refractivity contribution in [3.8, 4) is 0 Å². The molecule has 1 aliphatic rings. The maximum absolute atomic E-state index is 9.27.